The van der Waals surface area contributed by atoms with E-state index in [0.29, 0.717) is 5.56 Å². The molecule has 0 aliphatic carbocycles. The maximum atomic E-state index is 10.2. The topological polar surface area (TPSA) is 94.7 Å². The number of H-pyrrole nitrogens is 2. The number of nitrogens with zero attached hydrogens (tertiary/aromatic N) is 2. The summed E-state index contributed by atoms with van der Waals surface area (Å²) >= 11 is 0. The van der Waals surface area contributed by atoms with Gasteiger partial charge >= 0.3 is 5.97 Å². The molecule has 0 atom stereocenters. The molecule has 8 bridgehead atoms. The van der Waals surface area contributed by atoms with Gasteiger partial charge in [-0.25, -0.2) is 14.8 Å². The number of nitrogens with one attached hydrogen (secondary N) is 2. The summed E-state index contributed by atoms with van der Waals surface area (Å²) in [6.45, 7) is 0. The number of fused-ring (bicyclic) bond motifs is 8. The fourth-order valence-electron chi connectivity index (χ4n) is 3.47. The van der Waals surface area contributed by atoms with E-state index in [4.69, 9.17) is 5.11 Å². The van der Waals surface area contributed by atoms with E-state index in [-0.39, 0.29) is 20.4 Å². The number of hydrogen-bond acceptors (Lipinski definition) is 3. The molecule has 6 nitrogen and oxygen atoms in total. The van der Waals surface area contributed by atoms with Crippen molar-refractivity contribution in [1.29, 1.82) is 0 Å². The Hall–Kier alpha value is -4.05. The Morgan fingerprint density at radius 2 is 1.06 bits per heavy atom. The van der Waals surface area contributed by atoms with Gasteiger partial charge in [-0.3, -0.25) is 0 Å². The van der Waals surface area contributed by atoms with Crippen molar-refractivity contribution in [3.05, 3.63) is 107 Å². The fourth-order valence-corrected chi connectivity index (χ4v) is 3.47. The molecular weight excluding hydrogens is 519 g/mol. The molecule has 7 heteroatoms. The zero-order valence-electron chi connectivity index (χ0n) is 17.8. The zero-order chi connectivity index (χ0) is 22.6. The van der Waals surface area contributed by atoms with Crippen molar-refractivity contribution in [3.63, 3.8) is 0 Å². The third-order valence-corrected chi connectivity index (χ3v) is 5.01. The van der Waals surface area contributed by atoms with Gasteiger partial charge in [0.05, 0.1) is 22.8 Å². The summed E-state index contributed by atoms with van der Waals surface area (Å²) in [5.41, 5.74) is 8.16. The number of benzene rings is 1. The maximum Gasteiger partial charge on any atom is 0.311 e. The third kappa shape index (κ3) is 5.65. The maximum absolute atomic E-state index is 10.2. The first-order valence-electron chi connectivity index (χ1n) is 10.3. The van der Waals surface area contributed by atoms with Crippen LogP contribution in [0.4, 0.5) is 0 Å². The molecule has 1 aromatic carbocycles. The summed E-state index contributed by atoms with van der Waals surface area (Å²) in [5, 5.41) is 8.37. The number of carboxylic acids is 1. The average Bonchev–Trinajstić information content (AvgIpc) is 3.61. The Morgan fingerprint density at radius 1 is 0.647 bits per heavy atom. The second-order valence-corrected chi connectivity index (χ2v) is 7.50. The van der Waals surface area contributed by atoms with E-state index in [1.54, 1.807) is 12.1 Å². The number of carbonyl (C=O) groups is 1. The zero-order valence-corrected chi connectivity index (χ0v) is 19.4. The van der Waals surface area contributed by atoms with E-state index in [1.807, 2.05) is 42.5 Å². The molecule has 0 fully saturated rings. The molecule has 2 aliphatic rings. The van der Waals surface area contributed by atoms with Gasteiger partial charge < -0.3 is 15.1 Å². The molecule has 0 unspecified atom stereocenters. The minimum atomic E-state index is -0.899. The Balaban J connectivity index is 0.000000234. The molecule has 34 heavy (non-hydrogen) atoms. The van der Waals surface area contributed by atoms with Crippen LogP contribution in [0.2, 0.25) is 0 Å². The van der Waals surface area contributed by atoms with Crippen LogP contribution in [0.25, 0.3) is 46.4 Å². The monoisotopic (exact) mass is 537 g/mol. The molecule has 3 aromatic heterocycles. The molecular formula is C27H19N4O2Pd-. The number of rotatable bonds is 1. The van der Waals surface area contributed by atoms with E-state index in [9.17, 15) is 4.79 Å². The van der Waals surface area contributed by atoms with Gasteiger partial charge in [0, 0.05) is 42.5 Å². The number of aromatic nitrogens is 4. The summed E-state index contributed by atoms with van der Waals surface area (Å²) in [6.07, 6.45) is 8.05. The standard InChI is InChI=1S/C20H14N4.C7H5O2.Pd/c1-2-14-10-16-5-6-18(23-16)12-20-8-7-19(24-20)11-17-4-3-15(22-17)9-13(1)21-14;8-7(9)6-4-2-1-3-5-6;/h1-12,21-22H;2-5H,(H,8,9);/q;-1;. The van der Waals surface area contributed by atoms with Gasteiger partial charge in [-0.2, -0.15) is 30.3 Å². The predicted octanol–water partition coefficient (Wildman–Crippen LogP) is 5.84. The second kappa shape index (κ2) is 10.3. The van der Waals surface area contributed by atoms with Gasteiger partial charge in [0.2, 0.25) is 0 Å². The van der Waals surface area contributed by atoms with Crippen molar-refractivity contribution in [1.82, 2.24) is 19.9 Å². The van der Waals surface area contributed by atoms with E-state index in [0.717, 1.165) is 44.8 Å². The number of aromatic amines is 2. The van der Waals surface area contributed by atoms with Crippen molar-refractivity contribution in [3.8, 4) is 0 Å². The Morgan fingerprint density at radius 3 is 1.47 bits per heavy atom. The molecule has 0 amide bonds. The van der Waals surface area contributed by atoms with Crippen LogP contribution >= 0.6 is 0 Å². The van der Waals surface area contributed by atoms with Gasteiger partial charge in [0.1, 0.15) is 0 Å². The van der Waals surface area contributed by atoms with Crippen molar-refractivity contribution in [2.75, 3.05) is 0 Å². The molecule has 6 rings (SSSR count). The Labute approximate surface area is 209 Å². The summed E-state index contributed by atoms with van der Waals surface area (Å²) in [4.78, 5) is 26.2. The SMILES string of the molecule is C1=Cc2cc3ccc(cc4ccc(cc5nc(cc1n2)C=C5)[nH]4)[nH]3.O=C(O)c1cc[c-]cc1.[Pd]. The molecule has 5 heterocycles. The average molecular weight is 538 g/mol. The Bertz CT molecular complexity index is 1460. The van der Waals surface area contributed by atoms with Crippen LogP contribution in [0.3, 0.4) is 0 Å². The van der Waals surface area contributed by atoms with Crippen LogP contribution in [-0.4, -0.2) is 31.0 Å². The second-order valence-electron chi connectivity index (χ2n) is 7.50. The number of aromatic carboxylic acids is 1. The smallest absolute Gasteiger partial charge is 0.311 e. The summed E-state index contributed by atoms with van der Waals surface area (Å²) in [5.74, 6) is -0.899. The predicted molar refractivity (Wildman–Crippen MR) is 131 cm³/mol. The molecule has 0 radical (unpaired) electrons. The third-order valence-electron chi connectivity index (χ3n) is 5.01. The van der Waals surface area contributed by atoms with Crippen molar-refractivity contribution in [2.45, 2.75) is 0 Å². The van der Waals surface area contributed by atoms with E-state index in [1.165, 1.54) is 12.1 Å². The molecule has 0 saturated heterocycles. The van der Waals surface area contributed by atoms with Crippen LogP contribution < -0.4 is 0 Å². The molecule has 4 aromatic rings. The van der Waals surface area contributed by atoms with Crippen LogP contribution in [0, 0.1) is 6.07 Å². The fraction of sp³-hybridized carbons (Fsp3) is 0. The summed E-state index contributed by atoms with van der Waals surface area (Å²) < 4.78 is 0. The molecule has 3 N–H and O–H groups in total. The molecule has 0 saturated carbocycles. The van der Waals surface area contributed by atoms with E-state index >= 15 is 0 Å². The van der Waals surface area contributed by atoms with Gasteiger partial charge in [0.25, 0.3) is 0 Å². The van der Waals surface area contributed by atoms with E-state index < -0.39 is 5.97 Å². The van der Waals surface area contributed by atoms with Crippen LogP contribution in [0.15, 0.2) is 72.8 Å². The van der Waals surface area contributed by atoms with Crippen molar-refractivity contribution < 1.29 is 30.3 Å². The van der Waals surface area contributed by atoms with Gasteiger partial charge in [-0.05, 0) is 78.4 Å². The minimum absolute atomic E-state index is 0. The number of hydrogen-bond donors (Lipinski definition) is 3. The van der Waals surface area contributed by atoms with Crippen LogP contribution in [0.1, 0.15) is 33.1 Å². The minimum Gasteiger partial charge on any atom is -0.479 e. The molecule has 2 aliphatic heterocycles. The normalized spacial score (nSPS) is 11.3. The number of carboxylic acid groups (broad SMARTS) is 1. The van der Waals surface area contributed by atoms with Gasteiger partial charge in [-0.1, -0.05) is 0 Å². The van der Waals surface area contributed by atoms with Crippen molar-refractivity contribution in [2.24, 2.45) is 0 Å². The largest absolute Gasteiger partial charge is 0.479 e. The first-order chi connectivity index (χ1) is 16.1. The van der Waals surface area contributed by atoms with Crippen LogP contribution in [-0.2, 0) is 20.4 Å². The molecule has 0 spiro atoms. The van der Waals surface area contributed by atoms with Gasteiger partial charge in [0.15, 0.2) is 0 Å². The van der Waals surface area contributed by atoms with Gasteiger partial charge in [-0.15, -0.1) is 0 Å². The first-order valence-corrected chi connectivity index (χ1v) is 10.3. The Kier molecular flexibility index (Phi) is 6.98. The van der Waals surface area contributed by atoms with Crippen LogP contribution in [0.5, 0.6) is 0 Å². The quantitative estimate of drug-likeness (QED) is 0.181. The van der Waals surface area contributed by atoms with Crippen molar-refractivity contribution >= 4 is 52.3 Å². The summed E-state index contributed by atoms with van der Waals surface area (Å²) in [6, 6.07) is 25.3. The molecule has 170 valence electrons. The van der Waals surface area contributed by atoms with E-state index in [2.05, 4.69) is 56.3 Å². The first kappa shape index (κ1) is 23.1. The summed E-state index contributed by atoms with van der Waals surface area (Å²) in [7, 11) is 0.